The molecular formula is C20H18ClN3O8S. The monoisotopic (exact) mass is 495 g/mol. The molecule has 13 heteroatoms. The van der Waals surface area contributed by atoms with Crippen LogP contribution in [0.3, 0.4) is 0 Å². The van der Waals surface area contributed by atoms with Gasteiger partial charge in [0, 0.05) is 12.1 Å². The molecule has 1 aromatic heterocycles. The Morgan fingerprint density at radius 2 is 1.97 bits per heavy atom. The third kappa shape index (κ3) is 4.97. The van der Waals surface area contributed by atoms with E-state index in [4.69, 9.17) is 40.4 Å². The first-order valence-corrected chi connectivity index (χ1v) is 11.3. The molecular weight excluding hydrogens is 478 g/mol. The van der Waals surface area contributed by atoms with Crippen LogP contribution < -0.4 is 28.4 Å². The quantitative estimate of drug-likeness (QED) is 0.455. The maximum atomic E-state index is 13.0. The first-order valence-electron chi connectivity index (χ1n) is 9.44. The largest absolute Gasteiger partial charge is 0.497 e. The van der Waals surface area contributed by atoms with Gasteiger partial charge in [0.25, 0.3) is 15.9 Å². The third-order valence-corrected chi connectivity index (χ3v) is 5.99. The molecule has 4 rings (SSSR count). The average Bonchev–Trinajstić information content (AvgIpc) is 3.28. The number of sulfonamides is 1. The van der Waals surface area contributed by atoms with Crippen LogP contribution in [0.25, 0.3) is 0 Å². The van der Waals surface area contributed by atoms with E-state index in [2.05, 4.69) is 14.7 Å². The lowest BCUT2D eigenvalue weighted by Gasteiger charge is -2.16. The van der Waals surface area contributed by atoms with E-state index < -0.39 is 10.0 Å². The number of aromatic nitrogens is 2. The van der Waals surface area contributed by atoms with Crippen molar-refractivity contribution in [1.29, 1.82) is 0 Å². The topological polar surface area (TPSA) is 138 Å². The summed E-state index contributed by atoms with van der Waals surface area (Å²) in [4.78, 5) is 7.89. The average molecular weight is 496 g/mol. The summed E-state index contributed by atoms with van der Waals surface area (Å²) in [6, 6.07) is 8.85. The number of methoxy groups -OCH3 is 1. The second-order valence-electron chi connectivity index (χ2n) is 6.45. The molecule has 0 aliphatic carbocycles. The lowest BCUT2D eigenvalue weighted by Crippen LogP contribution is -2.15. The van der Waals surface area contributed by atoms with E-state index in [0.29, 0.717) is 17.2 Å². The van der Waals surface area contributed by atoms with Gasteiger partial charge in [0.15, 0.2) is 17.3 Å². The zero-order valence-electron chi connectivity index (χ0n) is 17.1. The van der Waals surface area contributed by atoms with Gasteiger partial charge in [-0.3, -0.25) is 4.72 Å². The summed E-state index contributed by atoms with van der Waals surface area (Å²) in [7, 11) is -2.66. The molecule has 33 heavy (non-hydrogen) atoms. The number of halogens is 1. The molecule has 0 radical (unpaired) electrons. The zero-order valence-corrected chi connectivity index (χ0v) is 18.7. The van der Waals surface area contributed by atoms with Gasteiger partial charge < -0.3 is 28.8 Å². The number of rotatable bonds is 9. The number of hydrogen-bond donors (Lipinski definition) is 2. The van der Waals surface area contributed by atoms with Gasteiger partial charge in [-0.25, -0.2) is 13.4 Å². The summed E-state index contributed by atoms with van der Waals surface area (Å²) in [5.74, 6) is 0.843. The minimum atomic E-state index is -4.13. The number of aliphatic hydroxyl groups is 1. The predicted molar refractivity (Wildman–Crippen MR) is 116 cm³/mol. The molecule has 0 spiro atoms. The highest BCUT2D eigenvalue weighted by Gasteiger charge is 2.25. The van der Waals surface area contributed by atoms with Crippen LogP contribution in [0.5, 0.6) is 34.6 Å². The van der Waals surface area contributed by atoms with Crippen molar-refractivity contribution < 1.29 is 37.2 Å². The lowest BCUT2D eigenvalue weighted by molar-refractivity contribution is 0.174. The predicted octanol–water partition coefficient (Wildman–Crippen LogP) is 2.83. The van der Waals surface area contributed by atoms with E-state index in [1.54, 1.807) is 12.1 Å². The van der Waals surface area contributed by atoms with Crippen LogP contribution in [-0.4, -0.2) is 50.6 Å². The van der Waals surface area contributed by atoms with E-state index >= 15 is 0 Å². The molecule has 2 N–H and O–H groups in total. The van der Waals surface area contributed by atoms with Crippen LogP contribution in [0.2, 0.25) is 5.02 Å². The molecule has 2 heterocycles. The summed E-state index contributed by atoms with van der Waals surface area (Å²) < 4.78 is 55.4. The standard InChI is InChI=1S/C20H18ClN3O8S/c1-28-12-2-4-14(21)16(8-12)32-18-19(22-10-23-20(18)29-7-6-25)24-33(26,27)13-3-5-15-17(9-13)31-11-30-15/h2-5,8-10,25H,6-7,11H2,1H3,(H,22,23,24). The van der Waals surface area contributed by atoms with Crippen LogP contribution in [0, 0.1) is 0 Å². The molecule has 2 aromatic carbocycles. The minimum Gasteiger partial charge on any atom is -0.497 e. The highest BCUT2D eigenvalue weighted by molar-refractivity contribution is 7.92. The Morgan fingerprint density at radius 3 is 2.76 bits per heavy atom. The number of hydrogen-bond acceptors (Lipinski definition) is 10. The molecule has 0 saturated heterocycles. The van der Waals surface area contributed by atoms with Crippen molar-refractivity contribution in [1.82, 2.24) is 9.97 Å². The van der Waals surface area contributed by atoms with Gasteiger partial charge in [-0.05, 0) is 24.3 Å². The summed E-state index contributed by atoms with van der Waals surface area (Å²) in [6.07, 6.45) is 1.09. The van der Waals surface area contributed by atoms with Crippen molar-refractivity contribution in [3.63, 3.8) is 0 Å². The molecule has 1 aliphatic rings. The summed E-state index contributed by atoms with van der Waals surface area (Å²) in [5, 5.41) is 9.34. The number of ether oxygens (including phenoxy) is 5. The van der Waals surface area contributed by atoms with Crippen LogP contribution in [0.4, 0.5) is 5.82 Å². The van der Waals surface area contributed by atoms with Gasteiger partial charge in [0.05, 0.1) is 23.6 Å². The van der Waals surface area contributed by atoms with Gasteiger partial charge in [-0.1, -0.05) is 11.6 Å². The molecule has 11 nitrogen and oxygen atoms in total. The normalized spacial score (nSPS) is 12.3. The molecule has 3 aromatic rings. The Labute approximate surface area is 193 Å². The zero-order chi connectivity index (χ0) is 23.4. The van der Waals surface area contributed by atoms with Gasteiger partial charge in [0.2, 0.25) is 12.5 Å². The Bertz CT molecular complexity index is 1270. The molecule has 1 aliphatic heterocycles. The van der Waals surface area contributed by atoms with Gasteiger partial charge in [-0.2, -0.15) is 4.98 Å². The Morgan fingerprint density at radius 1 is 1.15 bits per heavy atom. The van der Waals surface area contributed by atoms with Crippen molar-refractivity contribution in [2.24, 2.45) is 0 Å². The minimum absolute atomic E-state index is 0.00299. The van der Waals surface area contributed by atoms with Gasteiger partial charge >= 0.3 is 0 Å². The fourth-order valence-electron chi connectivity index (χ4n) is 2.80. The second kappa shape index (κ2) is 9.57. The van der Waals surface area contributed by atoms with Crippen LogP contribution in [-0.2, 0) is 10.0 Å². The van der Waals surface area contributed by atoms with Crippen LogP contribution in [0.1, 0.15) is 0 Å². The third-order valence-electron chi connectivity index (χ3n) is 4.34. The van der Waals surface area contributed by atoms with Crippen LogP contribution >= 0.6 is 11.6 Å². The molecule has 0 atom stereocenters. The van der Waals surface area contributed by atoms with Gasteiger partial charge in [0.1, 0.15) is 24.4 Å². The number of fused-ring (bicyclic) bond motifs is 1. The first kappa shape index (κ1) is 22.7. The van der Waals surface area contributed by atoms with E-state index in [9.17, 15) is 8.42 Å². The number of nitrogens with one attached hydrogen (secondary N) is 1. The fourth-order valence-corrected chi connectivity index (χ4v) is 3.98. The number of aliphatic hydroxyl groups excluding tert-OH is 1. The van der Waals surface area contributed by atoms with Crippen molar-refractivity contribution >= 4 is 27.4 Å². The number of nitrogens with zero attached hydrogens (tertiary/aromatic N) is 2. The highest BCUT2D eigenvalue weighted by atomic mass is 35.5. The number of benzene rings is 2. The van der Waals surface area contributed by atoms with Crippen molar-refractivity contribution in [3.05, 3.63) is 47.7 Å². The van der Waals surface area contributed by atoms with E-state index in [-0.39, 0.29) is 53.1 Å². The molecule has 0 amide bonds. The van der Waals surface area contributed by atoms with Gasteiger partial charge in [-0.15, -0.1) is 0 Å². The summed E-state index contributed by atoms with van der Waals surface area (Å²) in [5.41, 5.74) is 0. The molecule has 0 fully saturated rings. The van der Waals surface area contributed by atoms with E-state index in [1.807, 2.05) is 0 Å². The maximum Gasteiger partial charge on any atom is 0.263 e. The Balaban J connectivity index is 1.72. The van der Waals surface area contributed by atoms with E-state index in [0.717, 1.165) is 6.33 Å². The molecule has 0 saturated carbocycles. The number of anilines is 1. The molecule has 0 bridgehead atoms. The van der Waals surface area contributed by atoms with Crippen molar-refractivity contribution in [2.75, 3.05) is 31.8 Å². The molecule has 0 unspecified atom stereocenters. The first-order chi connectivity index (χ1) is 15.9. The van der Waals surface area contributed by atoms with Crippen molar-refractivity contribution in [3.8, 4) is 34.6 Å². The Kier molecular flexibility index (Phi) is 6.58. The molecule has 174 valence electrons. The second-order valence-corrected chi connectivity index (χ2v) is 8.54. The summed E-state index contributed by atoms with van der Waals surface area (Å²) >= 11 is 6.23. The lowest BCUT2D eigenvalue weighted by atomic mass is 10.3. The summed E-state index contributed by atoms with van der Waals surface area (Å²) in [6.45, 7) is -0.418. The fraction of sp³-hybridized carbons (Fsp3) is 0.200. The Hall–Kier alpha value is -3.48. The van der Waals surface area contributed by atoms with E-state index in [1.165, 1.54) is 31.4 Å². The highest BCUT2D eigenvalue weighted by Crippen LogP contribution is 2.41. The SMILES string of the molecule is COc1ccc(Cl)c(Oc2c(NS(=O)(=O)c3ccc4c(c3)OCO4)ncnc2OCCO)c1. The smallest absolute Gasteiger partial charge is 0.263 e. The maximum absolute atomic E-state index is 13.0. The van der Waals surface area contributed by atoms with Crippen molar-refractivity contribution in [2.45, 2.75) is 4.90 Å². The van der Waals surface area contributed by atoms with Crippen LogP contribution in [0.15, 0.2) is 47.6 Å².